The number of alkyl halides is 3. The van der Waals surface area contributed by atoms with E-state index < -0.39 is 17.7 Å². The average Bonchev–Trinajstić information content (AvgIpc) is 2.79. The molecule has 0 fully saturated rings. The molecule has 0 saturated carbocycles. The normalized spacial score (nSPS) is 11.6. The van der Waals surface area contributed by atoms with Crippen LogP contribution in [0.15, 0.2) is 24.3 Å². The van der Waals surface area contributed by atoms with Crippen molar-refractivity contribution in [2.45, 2.75) is 32.9 Å². The molecule has 0 saturated heterocycles. The highest BCUT2D eigenvalue weighted by Crippen LogP contribution is 2.29. The van der Waals surface area contributed by atoms with Crippen molar-refractivity contribution < 1.29 is 22.7 Å². The SMILES string of the molecule is CCOC(=O)c1c(C)nc(CCc2ccc(C(F)(F)F)cc2)n1C. The molecule has 0 N–H and O–H groups in total. The minimum absolute atomic E-state index is 0.282. The van der Waals surface area contributed by atoms with Gasteiger partial charge in [-0.25, -0.2) is 9.78 Å². The van der Waals surface area contributed by atoms with Gasteiger partial charge in [0, 0.05) is 13.5 Å². The lowest BCUT2D eigenvalue weighted by Crippen LogP contribution is -2.12. The number of ether oxygens (including phenoxy) is 1. The number of nitrogens with zero attached hydrogens (tertiary/aromatic N) is 2. The quantitative estimate of drug-likeness (QED) is 0.780. The summed E-state index contributed by atoms with van der Waals surface area (Å²) < 4.78 is 44.3. The maximum Gasteiger partial charge on any atom is 0.416 e. The molecule has 0 aliphatic heterocycles. The summed E-state index contributed by atoms with van der Waals surface area (Å²) in [5.41, 5.74) is 1.10. The number of hydrogen-bond acceptors (Lipinski definition) is 3. The van der Waals surface area contributed by atoms with E-state index in [4.69, 9.17) is 4.74 Å². The molecule has 4 nitrogen and oxygen atoms in total. The predicted octanol–water partition coefficient (Wildman–Crippen LogP) is 3.71. The summed E-state index contributed by atoms with van der Waals surface area (Å²) in [5.74, 6) is 0.265. The minimum Gasteiger partial charge on any atom is -0.461 e. The number of rotatable bonds is 5. The van der Waals surface area contributed by atoms with E-state index in [1.54, 1.807) is 25.5 Å². The number of hydrogen-bond donors (Lipinski definition) is 0. The minimum atomic E-state index is -4.33. The molecule has 0 spiro atoms. The molecule has 24 heavy (non-hydrogen) atoms. The van der Waals surface area contributed by atoms with Crippen LogP contribution < -0.4 is 0 Å². The van der Waals surface area contributed by atoms with Gasteiger partial charge in [0.2, 0.25) is 0 Å². The van der Waals surface area contributed by atoms with Crippen LogP contribution in [0.4, 0.5) is 13.2 Å². The summed E-state index contributed by atoms with van der Waals surface area (Å²) in [7, 11) is 1.73. The smallest absolute Gasteiger partial charge is 0.416 e. The van der Waals surface area contributed by atoms with Crippen molar-refractivity contribution in [2.75, 3.05) is 6.61 Å². The number of carbonyl (C=O) groups is 1. The highest BCUT2D eigenvalue weighted by molar-refractivity contribution is 5.88. The van der Waals surface area contributed by atoms with Gasteiger partial charge >= 0.3 is 12.1 Å². The standard InChI is InChI=1S/C17H19F3N2O2/c1-4-24-16(23)15-11(2)21-14(22(15)3)10-7-12-5-8-13(9-6-12)17(18,19)20/h5-6,8-9H,4,7,10H2,1-3H3. The Hall–Kier alpha value is -2.31. The van der Waals surface area contributed by atoms with Crippen LogP contribution >= 0.6 is 0 Å². The molecule has 1 aromatic carbocycles. The molecule has 7 heteroatoms. The number of carbonyl (C=O) groups excluding carboxylic acids is 1. The Kier molecular flexibility index (Phi) is 5.31. The van der Waals surface area contributed by atoms with Gasteiger partial charge in [0.05, 0.1) is 17.9 Å². The van der Waals surface area contributed by atoms with E-state index in [9.17, 15) is 18.0 Å². The third-order valence-electron chi connectivity index (χ3n) is 3.75. The maximum absolute atomic E-state index is 12.6. The molecule has 130 valence electrons. The van der Waals surface area contributed by atoms with Gasteiger partial charge in [0.1, 0.15) is 11.5 Å². The Labute approximate surface area is 138 Å². The largest absolute Gasteiger partial charge is 0.461 e. The number of esters is 1. The first-order chi connectivity index (χ1) is 11.2. The Bertz CT molecular complexity index is 719. The molecule has 0 unspecified atom stereocenters. The number of halogens is 3. The molecule has 1 aromatic heterocycles. The molecule has 1 heterocycles. The van der Waals surface area contributed by atoms with Gasteiger partial charge in [-0.15, -0.1) is 0 Å². The van der Waals surface area contributed by atoms with E-state index in [0.29, 0.717) is 30.1 Å². The zero-order valence-electron chi connectivity index (χ0n) is 13.8. The molecule has 0 aliphatic carbocycles. The van der Waals surface area contributed by atoms with E-state index in [-0.39, 0.29) is 6.61 Å². The average molecular weight is 340 g/mol. The summed E-state index contributed by atoms with van der Waals surface area (Å²) in [6.07, 6.45) is -3.28. The Morgan fingerprint density at radius 1 is 1.21 bits per heavy atom. The van der Waals surface area contributed by atoms with Crippen LogP contribution in [0.2, 0.25) is 0 Å². The summed E-state index contributed by atoms with van der Waals surface area (Å²) in [6, 6.07) is 5.07. The highest BCUT2D eigenvalue weighted by atomic mass is 19.4. The van der Waals surface area contributed by atoms with Gasteiger partial charge in [0.25, 0.3) is 0 Å². The maximum atomic E-state index is 12.6. The van der Waals surface area contributed by atoms with Crippen molar-refractivity contribution in [1.82, 2.24) is 9.55 Å². The zero-order chi connectivity index (χ0) is 17.9. The Morgan fingerprint density at radius 3 is 2.38 bits per heavy atom. The number of imidazole rings is 1. The van der Waals surface area contributed by atoms with Gasteiger partial charge in [-0.3, -0.25) is 0 Å². The summed E-state index contributed by atoms with van der Waals surface area (Å²) >= 11 is 0. The van der Waals surface area contributed by atoms with E-state index in [0.717, 1.165) is 17.7 Å². The third-order valence-corrected chi connectivity index (χ3v) is 3.75. The van der Waals surface area contributed by atoms with Crippen molar-refractivity contribution in [2.24, 2.45) is 7.05 Å². The first-order valence-corrected chi connectivity index (χ1v) is 7.59. The van der Waals surface area contributed by atoms with Crippen molar-refractivity contribution in [3.63, 3.8) is 0 Å². The first kappa shape index (κ1) is 18.0. The third kappa shape index (κ3) is 3.96. The fourth-order valence-corrected chi connectivity index (χ4v) is 2.52. The first-order valence-electron chi connectivity index (χ1n) is 7.59. The lowest BCUT2D eigenvalue weighted by Gasteiger charge is -2.08. The van der Waals surface area contributed by atoms with Crippen LogP contribution in [-0.4, -0.2) is 22.1 Å². The molecule has 2 aromatic rings. The fourth-order valence-electron chi connectivity index (χ4n) is 2.52. The molecule has 0 amide bonds. The highest BCUT2D eigenvalue weighted by Gasteiger charge is 2.29. The van der Waals surface area contributed by atoms with Gasteiger partial charge in [-0.05, 0) is 38.0 Å². The molecule has 2 rings (SSSR count). The molecule has 0 aliphatic rings. The van der Waals surface area contributed by atoms with E-state index in [2.05, 4.69) is 4.98 Å². The molecule has 0 atom stereocenters. The van der Waals surface area contributed by atoms with E-state index in [1.807, 2.05) is 0 Å². The predicted molar refractivity (Wildman–Crippen MR) is 82.8 cm³/mol. The second kappa shape index (κ2) is 7.07. The number of aromatic nitrogens is 2. The summed E-state index contributed by atoms with van der Waals surface area (Å²) in [5, 5.41) is 0. The molecule has 0 radical (unpaired) electrons. The van der Waals surface area contributed by atoms with Crippen LogP contribution in [-0.2, 0) is 30.8 Å². The Balaban J connectivity index is 2.10. The second-order valence-electron chi connectivity index (χ2n) is 5.44. The van der Waals surface area contributed by atoms with Gasteiger partial charge in [0.15, 0.2) is 0 Å². The fraction of sp³-hybridized carbons (Fsp3) is 0.412. The van der Waals surface area contributed by atoms with Gasteiger partial charge in [-0.2, -0.15) is 13.2 Å². The summed E-state index contributed by atoms with van der Waals surface area (Å²) in [4.78, 5) is 16.3. The van der Waals surface area contributed by atoms with Gasteiger partial charge < -0.3 is 9.30 Å². The van der Waals surface area contributed by atoms with Crippen molar-refractivity contribution in [3.05, 3.63) is 52.6 Å². The molecular formula is C17H19F3N2O2. The second-order valence-corrected chi connectivity index (χ2v) is 5.44. The lowest BCUT2D eigenvalue weighted by molar-refractivity contribution is -0.137. The zero-order valence-corrected chi connectivity index (χ0v) is 13.8. The van der Waals surface area contributed by atoms with Crippen molar-refractivity contribution >= 4 is 5.97 Å². The molecular weight excluding hydrogens is 321 g/mol. The van der Waals surface area contributed by atoms with Crippen LogP contribution in [0.25, 0.3) is 0 Å². The van der Waals surface area contributed by atoms with Crippen LogP contribution in [0.3, 0.4) is 0 Å². The summed E-state index contributed by atoms with van der Waals surface area (Å²) in [6.45, 7) is 3.74. The van der Waals surface area contributed by atoms with E-state index in [1.165, 1.54) is 12.1 Å². The van der Waals surface area contributed by atoms with Gasteiger partial charge in [-0.1, -0.05) is 12.1 Å². The molecule has 0 bridgehead atoms. The topological polar surface area (TPSA) is 44.1 Å². The lowest BCUT2D eigenvalue weighted by atomic mass is 10.1. The van der Waals surface area contributed by atoms with Crippen molar-refractivity contribution in [3.8, 4) is 0 Å². The monoisotopic (exact) mass is 340 g/mol. The van der Waals surface area contributed by atoms with Crippen LogP contribution in [0.5, 0.6) is 0 Å². The number of benzene rings is 1. The Morgan fingerprint density at radius 2 is 1.83 bits per heavy atom. The van der Waals surface area contributed by atoms with Crippen LogP contribution in [0, 0.1) is 6.92 Å². The van der Waals surface area contributed by atoms with Crippen molar-refractivity contribution in [1.29, 1.82) is 0 Å². The van der Waals surface area contributed by atoms with Crippen LogP contribution in [0.1, 0.15) is 40.1 Å². The number of aryl methyl sites for hydroxylation is 3. The van der Waals surface area contributed by atoms with E-state index >= 15 is 0 Å².